The molecule has 0 aliphatic heterocycles. The van der Waals surface area contributed by atoms with Gasteiger partial charge in [-0.15, -0.1) is 0 Å². The first-order chi connectivity index (χ1) is 7.66. The molecule has 2 aromatic heterocycles. The van der Waals surface area contributed by atoms with Gasteiger partial charge in [0.25, 0.3) is 5.89 Å². The lowest BCUT2D eigenvalue weighted by molar-refractivity contribution is 0.0990. The van der Waals surface area contributed by atoms with E-state index in [0.29, 0.717) is 5.69 Å². The third-order valence-electron chi connectivity index (χ3n) is 1.76. The molecule has 2 heterocycles. The minimum absolute atomic E-state index is 0.0155. The highest BCUT2D eigenvalue weighted by atomic mass is 127. The molecular formula is C9H7IN4O2. The van der Waals surface area contributed by atoms with Crippen molar-refractivity contribution in [3.63, 3.8) is 0 Å². The smallest absolute Gasteiger partial charge is 0.311 e. The molecule has 0 unspecified atom stereocenters. The van der Waals surface area contributed by atoms with E-state index >= 15 is 0 Å². The number of halogens is 1. The largest absolute Gasteiger partial charge is 0.441 e. The van der Waals surface area contributed by atoms with E-state index < -0.39 is 5.91 Å². The van der Waals surface area contributed by atoms with Crippen molar-refractivity contribution in [3.8, 4) is 0 Å². The van der Waals surface area contributed by atoms with Gasteiger partial charge in [-0.25, -0.2) is 9.97 Å². The number of nitrogens with zero attached hydrogens (tertiary/aromatic N) is 2. The van der Waals surface area contributed by atoms with E-state index in [1.165, 1.54) is 12.5 Å². The van der Waals surface area contributed by atoms with Crippen molar-refractivity contribution >= 4 is 40.0 Å². The Morgan fingerprint density at radius 2 is 2.31 bits per heavy atom. The number of nitrogens with one attached hydrogen (secondary N) is 1. The van der Waals surface area contributed by atoms with Gasteiger partial charge in [0.15, 0.2) is 0 Å². The molecule has 2 aromatic rings. The first-order valence-electron chi connectivity index (χ1n) is 4.28. The maximum atomic E-state index is 11.6. The fourth-order valence-electron chi connectivity index (χ4n) is 1.06. The number of pyridine rings is 1. The molecule has 0 fully saturated rings. The second-order valence-electron chi connectivity index (χ2n) is 2.88. The molecule has 2 rings (SSSR count). The molecule has 7 heteroatoms. The van der Waals surface area contributed by atoms with Crippen molar-refractivity contribution < 1.29 is 9.21 Å². The second kappa shape index (κ2) is 4.47. The quantitative estimate of drug-likeness (QED) is 0.814. The van der Waals surface area contributed by atoms with Crippen LogP contribution in [0.25, 0.3) is 0 Å². The molecule has 0 aliphatic carbocycles. The average molecular weight is 330 g/mol. The van der Waals surface area contributed by atoms with Crippen LogP contribution in [0.2, 0.25) is 0 Å². The van der Waals surface area contributed by atoms with E-state index in [-0.39, 0.29) is 11.7 Å². The summed E-state index contributed by atoms with van der Waals surface area (Å²) in [6, 6.07) is 1.71. The van der Waals surface area contributed by atoms with Gasteiger partial charge in [-0.1, -0.05) is 0 Å². The van der Waals surface area contributed by atoms with Crippen molar-refractivity contribution in [2.75, 3.05) is 11.1 Å². The van der Waals surface area contributed by atoms with Crippen molar-refractivity contribution in [1.29, 1.82) is 0 Å². The highest BCUT2D eigenvalue weighted by molar-refractivity contribution is 14.1. The fourth-order valence-corrected chi connectivity index (χ4v) is 1.51. The molecule has 82 valence electrons. The molecule has 0 saturated heterocycles. The Labute approximate surface area is 104 Å². The molecule has 6 nitrogen and oxygen atoms in total. The lowest BCUT2D eigenvalue weighted by Crippen LogP contribution is -2.14. The summed E-state index contributed by atoms with van der Waals surface area (Å²) < 4.78 is 5.72. The molecule has 0 atom stereocenters. The molecule has 3 N–H and O–H groups in total. The van der Waals surface area contributed by atoms with Crippen LogP contribution in [0, 0.1) is 3.57 Å². The molecular weight excluding hydrogens is 323 g/mol. The number of anilines is 2. The number of aromatic nitrogens is 2. The maximum Gasteiger partial charge on any atom is 0.311 e. The topological polar surface area (TPSA) is 94.0 Å². The minimum Gasteiger partial charge on any atom is -0.441 e. The van der Waals surface area contributed by atoms with Gasteiger partial charge >= 0.3 is 5.91 Å². The Balaban J connectivity index is 2.21. The number of hydrogen-bond acceptors (Lipinski definition) is 5. The zero-order chi connectivity index (χ0) is 11.5. The summed E-state index contributed by atoms with van der Waals surface area (Å²) in [5.41, 5.74) is 6.05. The molecule has 0 aliphatic rings. The standard InChI is InChI=1S/C9H7IN4O2/c10-5-3-6(7(11)13-4-5)14-8(15)9-12-1-2-16-9/h1-4H,(H2,11,13)(H,14,15). The summed E-state index contributed by atoms with van der Waals surface area (Å²) in [6.07, 6.45) is 4.33. The zero-order valence-corrected chi connectivity index (χ0v) is 10.1. The predicted octanol–water partition coefficient (Wildman–Crippen LogP) is 1.51. The summed E-state index contributed by atoms with van der Waals surface area (Å²) in [7, 11) is 0. The van der Waals surface area contributed by atoms with Gasteiger partial charge in [0.1, 0.15) is 12.1 Å². The number of rotatable bonds is 2. The lowest BCUT2D eigenvalue weighted by Gasteiger charge is -2.05. The Hall–Kier alpha value is -1.64. The monoisotopic (exact) mass is 330 g/mol. The van der Waals surface area contributed by atoms with Crippen molar-refractivity contribution in [2.24, 2.45) is 0 Å². The van der Waals surface area contributed by atoms with Crippen molar-refractivity contribution in [2.45, 2.75) is 0 Å². The third-order valence-corrected chi connectivity index (χ3v) is 2.35. The van der Waals surface area contributed by atoms with Crippen LogP contribution in [-0.4, -0.2) is 15.9 Å². The van der Waals surface area contributed by atoms with Crippen LogP contribution >= 0.6 is 22.6 Å². The number of hydrogen-bond donors (Lipinski definition) is 2. The van der Waals surface area contributed by atoms with E-state index in [1.54, 1.807) is 12.3 Å². The summed E-state index contributed by atoms with van der Waals surface area (Å²) in [6.45, 7) is 0. The SMILES string of the molecule is Nc1ncc(I)cc1NC(=O)c1ncco1. The molecule has 0 aromatic carbocycles. The Morgan fingerprint density at radius 3 is 3.00 bits per heavy atom. The summed E-state index contributed by atoms with van der Waals surface area (Å²) in [5, 5.41) is 2.57. The Kier molecular flexibility index (Phi) is 3.04. The van der Waals surface area contributed by atoms with Crippen molar-refractivity contribution in [1.82, 2.24) is 9.97 Å². The molecule has 0 spiro atoms. The highest BCUT2D eigenvalue weighted by Gasteiger charge is 2.12. The molecule has 0 bridgehead atoms. The van der Waals surface area contributed by atoms with Crippen LogP contribution in [0.3, 0.4) is 0 Å². The predicted molar refractivity (Wildman–Crippen MR) is 65.8 cm³/mol. The average Bonchev–Trinajstić information content (AvgIpc) is 2.76. The molecule has 1 amide bonds. The highest BCUT2D eigenvalue weighted by Crippen LogP contribution is 2.18. The normalized spacial score (nSPS) is 10.1. The van der Waals surface area contributed by atoms with Gasteiger partial charge in [-0.3, -0.25) is 4.79 Å². The first kappa shape index (κ1) is 10.9. The number of oxazole rings is 1. The van der Waals surface area contributed by atoms with E-state index in [2.05, 4.69) is 37.9 Å². The fraction of sp³-hybridized carbons (Fsp3) is 0. The minimum atomic E-state index is -0.458. The maximum absolute atomic E-state index is 11.6. The third kappa shape index (κ3) is 2.30. The van der Waals surface area contributed by atoms with Crippen LogP contribution < -0.4 is 11.1 Å². The van der Waals surface area contributed by atoms with E-state index in [9.17, 15) is 4.79 Å². The van der Waals surface area contributed by atoms with Gasteiger partial charge in [-0.05, 0) is 28.7 Å². The number of carbonyl (C=O) groups is 1. The summed E-state index contributed by atoms with van der Waals surface area (Å²) in [5.74, 6) is -0.223. The van der Waals surface area contributed by atoms with E-state index in [4.69, 9.17) is 10.2 Å². The van der Waals surface area contributed by atoms with Gasteiger partial charge in [-0.2, -0.15) is 0 Å². The first-order valence-corrected chi connectivity index (χ1v) is 5.36. The van der Waals surface area contributed by atoms with Crippen LogP contribution in [0.4, 0.5) is 11.5 Å². The molecule has 0 saturated carbocycles. The van der Waals surface area contributed by atoms with E-state index in [1.807, 2.05) is 0 Å². The van der Waals surface area contributed by atoms with Gasteiger partial charge < -0.3 is 15.5 Å². The lowest BCUT2D eigenvalue weighted by atomic mass is 10.4. The Bertz CT molecular complexity index is 512. The van der Waals surface area contributed by atoms with Gasteiger partial charge in [0.05, 0.1) is 11.9 Å². The van der Waals surface area contributed by atoms with Crippen LogP contribution in [0.1, 0.15) is 10.7 Å². The van der Waals surface area contributed by atoms with Crippen LogP contribution in [-0.2, 0) is 0 Å². The number of carbonyl (C=O) groups excluding carboxylic acids is 1. The van der Waals surface area contributed by atoms with Gasteiger partial charge in [0, 0.05) is 9.77 Å². The zero-order valence-electron chi connectivity index (χ0n) is 7.98. The van der Waals surface area contributed by atoms with Crippen LogP contribution in [0.15, 0.2) is 29.1 Å². The summed E-state index contributed by atoms with van der Waals surface area (Å²) in [4.78, 5) is 19.2. The second-order valence-corrected chi connectivity index (χ2v) is 4.12. The number of amides is 1. The molecule has 16 heavy (non-hydrogen) atoms. The van der Waals surface area contributed by atoms with Crippen molar-refractivity contribution in [3.05, 3.63) is 34.2 Å². The van der Waals surface area contributed by atoms with Gasteiger partial charge in [0.2, 0.25) is 0 Å². The number of nitrogen functional groups attached to an aromatic ring is 1. The Morgan fingerprint density at radius 1 is 1.50 bits per heavy atom. The molecule has 0 radical (unpaired) electrons. The van der Waals surface area contributed by atoms with E-state index in [0.717, 1.165) is 3.57 Å². The number of nitrogens with two attached hydrogens (primary N) is 1. The van der Waals surface area contributed by atoms with Crippen LogP contribution in [0.5, 0.6) is 0 Å². The summed E-state index contributed by atoms with van der Waals surface area (Å²) >= 11 is 2.07.